The first-order valence-corrected chi connectivity index (χ1v) is 8.99. The van der Waals surface area contributed by atoms with Gasteiger partial charge in [0.2, 0.25) is 11.8 Å². The van der Waals surface area contributed by atoms with E-state index in [2.05, 4.69) is 24.1 Å². The number of nitrogens with one attached hydrogen (secondary N) is 1. The fourth-order valence-electron chi connectivity index (χ4n) is 2.95. The Balaban J connectivity index is 1.80. The van der Waals surface area contributed by atoms with Crippen LogP contribution in [0.4, 0.5) is 5.69 Å². The zero-order valence-corrected chi connectivity index (χ0v) is 15.2. The highest BCUT2D eigenvalue weighted by Crippen LogP contribution is 2.26. The highest BCUT2D eigenvalue weighted by atomic mass is 35.5. The molecule has 1 N–H and O–H groups in total. The molecule has 2 rings (SSSR count). The Hall–Kier alpha value is -1.59. The van der Waals surface area contributed by atoms with Crippen LogP contribution in [0, 0.1) is 5.92 Å². The largest absolute Gasteiger partial charge is 0.356 e. The van der Waals surface area contributed by atoms with Crippen LogP contribution in [0.15, 0.2) is 24.3 Å². The summed E-state index contributed by atoms with van der Waals surface area (Å²) < 4.78 is 0. The number of carbonyl (C=O) groups is 2. The van der Waals surface area contributed by atoms with Crippen molar-refractivity contribution in [2.24, 2.45) is 5.92 Å². The molecule has 0 radical (unpaired) electrons. The molecule has 24 heavy (non-hydrogen) atoms. The lowest BCUT2D eigenvalue weighted by atomic mass is 10.1. The van der Waals surface area contributed by atoms with Gasteiger partial charge < -0.3 is 15.1 Å². The van der Waals surface area contributed by atoms with Crippen molar-refractivity contribution < 1.29 is 9.59 Å². The third-order valence-corrected chi connectivity index (χ3v) is 4.73. The molecule has 0 aliphatic carbocycles. The van der Waals surface area contributed by atoms with Gasteiger partial charge in [-0.3, -0.25) is 9.59 Å². The van der Waals surface area contributed by atoms with Gasteiger partial charge in [0.1, 0.15) is 0 Å². The molecule has 6 heteroatoms. The second-order valence-electron chi connectivity index (χ2n) is 6.05. The molecule has 1 atom stereocenters. The summed E-state index contributed by atoms with van der Waals surface area (Å²) in [5.74, 6) is -0.318. The molecule has 1 fully saturated rings. The number of amides is 2. The van der Waals surface area contributed by atoms with Gasteiger partial charge in [-0.05, 0) is 50.3 Å². The van der Waals surface area contributed by atoms with Crippen LogP contribution < -0.4 is 10.2 Å². The summed E-state index contributed by atoms with van der Waals surface area (Å²) in [7, 11) is 0. The minimum absolute atomic E-state index is 0.0133. The van der Waals surface area contributed by atoms with Crippen LogP contribution in [0.5, 0.6) is 0 Å². The maximum absolute atomic E-state index is 12.3. The second-order valence-corrected chi connectivity index (χ2v) is 6.49. The van der Waals surface area contributed by atoms with Gasteiger partial charge in [-0.1, -0.05) is 25.4 Å². The van der Waals surface area contributed by atoms with Gasteiger partial charge in [0.05, 0.1) is 5.92 Å². The van der Waals surface area contributed by atoms with Crippen molar-refractivity contribution in [3.8, 4) is 0 Å². The number of anilines is 1. The lowest BCUT2D eigenvalue weighted by Crippen LogP contribution is -2.35. The third-order valence-electron chi connectivity index (χ3n) is 4.48. The molecule has 1 aliphatic rings. The van der Waals surface area contributed by atoms with Crippen LogP contribution >= 0.6 is 11.6 Å². The zero-order chi connectivity index (χ0) is 17.5. The molecule has 0 bridgehead atoms. The average Bonchev–Trinajstić information content (AvgIpc) is 2.97. The fraction of sp³-hybridized carbons (Fsp3) is 0.556. The van der Waals surface area contributed by atoms with E-state index in [1.807, 2.05) is 12.1 Å². The van der Waals surface area contributed by atoms with Crippen LogP contribution in [0.25, 0.3) is 0 Å². The van der Waals surface area contributed by atoms with Crippen molar-refractivity contribution in [1.82, 2.24) is 10.2 Å². The van der Waals surface area contributed by atoms with E-state index in [1.54, 1.807) is 17.0 Å². The van der Waals surface area contributed by atoms with E-state index in [4.69, 9.17) is 11.6 Å². The molecule has 0 saturated carbocycles. The van der Waals surface area contributed by atoms with Gasteiger partial charge in [0, 0.05) is 30.2 Å². The summed E-state index contributed by atoms with van der Waals surface area (Å²) in [6.07, 6.45) is 1.19. The van der Waals surface area contributed by atoms with Crippen molar-refractivity contribution in [3.05, 3.63) is 29.3 Å². The number of halogens is 1. The highest BCUT2D eigenvalue weighted by Gasteiger charge is 2.34. The van der Waals surface area contributed by atoms with E-state index in [-0.39, 0.29) is 24.2 Å². The number of carbonyl (C=O) groups excluding carboxylic acids is 2. The number of hydrogen-bond donors (Lipinski definition) is 1. The monoisotopic (exact) mass is 351 g/mol. The van der Waals surface area contributed by atoms with Crippen LogP contribution in [-0.2, 0) is 9.59 Å². The Morgan fingerprint density at radius 3 is 2.58 bits per heavy atom. The first kappa shape index (κ1) is 18.7. The quantitative estimate of drug-likeness (QED) is 0.732. The van der Waals surface area contributed by atoms with Gasteiger partial charge >= 0.3 is 0 Å². The van der Waals surface area contributed by atoms with Crippen LogP contribution in [0.2, 0.25) is 5.02 Å². The Kier molecular flexibility index (Phi) is 7.06. The standard InChI is InChI=1S/C18H26ClN3O2/c1-3-21(4-2)11-5-10-20-18(24)14-12-17(23)22(13-14)16-8-6-15(19)7-9-16/h6-9,14H,3-5,10-13H2,1-2H3,(H,20,24)/t14-/m1/s1. The Morgan fingerprint density at radius 1 is 1.29 bits per heavy atom. The lowest BCUT2D eigenvalue weighted by Gasteiger charge is -2.18. The first-order chi connectivity index (χ1) is 11.5. The Labute approximate surface area is 149 Å². The van der Waals surface area contributed by atoms with Crippen molar-refractivity contribution >= 4 is 29.1 Å². The molecule has 5 nitrogen and oxygen atoms in total. The SMILES string of the molecule is CCN(CC)CCCNC(=O)[C@@H]1CC(=O)N(c2ccc(Cl)cc2)C1. The smallest absolute Gasteiger partial charge is 0.227 e. The summed E-state index contributed by atoms with van der Waals surface area (Å²) in [6.45, 7) is 8.39. The molecule has 1 aromatic carbocycles. The summed E-state index contributed by atoms with van der Waals surface area (Å²) in [4.78, 5) is 28.4. The van der Waals surface area contributed by atoms with Gasteiger partial charge in [-0.2, -0.15) is 0 Å². The van der Waals surface area contributed by atoms with Gasteiger partial charge in [0.15, 0.2) is 0 Å². The molecule has 2 amide bonds. The summed E-state index contributed by atoms with van der Waals surface area (Å²) in [6, 6.07) is 7.13. The highest BCUT2D eigenvalue weighted by molar-refractivity contribution is 6.30. The molecular formula is C18H26ClN3O2. The predicted molar refractivity (Wildman–Crippen MR) is 97.3 cm³/mol. The van der Waals surface area contributed by atoms with E-state index in [9.17, 15) is 9.59 Å². The molecule has 1 saturated heterocycles. The molecule has 1 aromatic rings. The number of rotatable bonds is 8. The predicted octanol–water partition coefficient (Wildman–Crippen LogP) is 2.54. The summed E-state index contributed by atoms with van der Waals surface area (Å²) >= 11 is 5.88. The van der Waals surface area contributed by atoms with Gasteiger partial charge in [0.25, 0.3) is 0 Å². The molecule has 0 spiro atoms. The molecule has 132 valence electrons. The van der Waals surface area contributed by atoms with E-state index >= 15 is 0 Å². The Bertz CT molecular complexity index is 558. The minimum Gasteiger partial charge on any atom is -0.356 e. The Morgan fingerprint density at radius 2 is 1.96 bits per heavy atom. The zero-order valence-electron chi connectivity index (χ0n) is 14.4. The van der Waals surface area contributed by atoms with Gasteiger partial charge in [-0.15, -0.1) is 0 Å². The van der Waals surface area contributed by atoms with E-state index < -0.39 is 0 Å². The van der Waals surface area contributed by atoms with Crippen molar-refractivity contribution in [1.29, 1.82) is 0 Å². The normalized spacial score (nSPS) is 17.6. The van der Waals surface area contributed by atoms with Crippen LogP contribution in [-0.4, -0.2) is 49.4 Å². The van der Waals surface area contributed by atoms with E-state index in [0.717, 1.165) is 31.7 Å². The topological polar surface area (TPSA) is 52.7 Å². The average molecular weight is 352 g/mol. The second kappa shape index (κ2) is 9.04. The maximum Gasteiger partial charge on any atom is 0.227 e. The first-order valence-electron chi connectivity index (χ1n) is 8.61. The summed E-state index contributed by atoms with van der Waals surface area (Å²) in [5, 5.41) is 3.60. The molecule has 1 aliphatic heterocycles. The van der Waals surface area contributed by atoms with Crippen molar-refractivity contribution in [2.45, 2.75) is 26.7 Å². The van der Waals surface area contributed by atoms with Crippen molar-refractivity contribution in [3.63, 3.8) is 0 Å². The molecular weight excluding hydrogens is 326 g/mol. The fourth-order valence-corrected chi connectivity index (χ4v) is 3.08. The van der Waals surface area contributed by atoms with E-state index in [1.165, 1.54) is 0 Å². The number of hydrogen-bond acceptors (Lipinski definition) is 3. The van der Waals surface area contributed by atoms with E-state index in [0.29, 0.717) is 18.1 Å². The van der Waals surface area contributed by atoms with Crippen molar-refractivity contribution in [2.75, 3.05) is 37.6 Å². The minimum atomic E-state index is -0.276. The third kappa shape index (κ3) is 4.95. The number of nitrogens with zero attached hydrogens (tertiary/aromatic N) is 2. The van der Waals surface area contributed by atoms with Crippen LogP contribution in [0.3, 0.4) is 0 Å². The molecule has 0 aromatic heterocycles. The number of benzene rings is 1. The molecule has 0 unspecified atom stereocenters. The maximum atomic E-state index is 12.3. The van der Waals surface area contributed by atoms with Gasteiger partial charge in [-0.25, -0.2) is 0 Å². The lowest BCUT2D eigenvalue weighted by molar-refractivity contribution is -0.126. The summed E-state index contributed by atoms with van der Waals surface area (Å²) in [5.41, 5.74) is 0.793. The molecule has 1 heterocycles. The van der Waals surface area contributed by atoms with Crippen LogP contribution in [0.1, 0.15) is 26.7 Å².